The molecule has 0 aliphatic carbocycles. The van der Waals surface area contributed by atoms with E-state index in [2.05, 4.69) is 25.1 Å². The number of rotatable bonds is 6. The number of benzene rings is 2. The SMILES string of the molecule is Cc1cc(C(F)(F)F)n(-c2ccc(CNc3cc4c(ncn4C)c(-c4ccccc4OC(F)(F)F)n3)cc2)n1. The van der Waals surface area contributed by atoms with Crippen molar-refractivity contribution in [1.29, 1.82) is 0 Å². The highest BCUT2D eigenvalue weighted by molar-refractivity contribution is 5.93. The van der Waals surface area contributed by atoms with Crippen LogP contribution in [-0.2, 0) is 19.8 Å². The zero-order valence-corrected chi connectivity index (χ0v) is 20.5. The Bertz CT molecular complexity index is 1640. The maximum atomic E-state index is 13.4. The van der Waals surface area contributed by atoms with Crippen LogP contribution in [0.15, 0.2) is 67.0 Å². The molecule has 0 spiro atoms. The van der Waals surface area contributed by atoms with E-state index in [0.29, 0.717) is 16.9 Å². The number of halogens is 6. The van der Waals surface area contributed by atoms with E-state index in [4.69, 9.17) is 0 Å². The van der Waals surface area contributed by atoms with Crippen LogP contribution in [0.4, 0.5) is 32.2 Å². The van der Waals surface area contributed by atoms with Gasteiger partial charge in [0.1, 0.15) is 28.5 Å². The van der Waals surface area contributed by atoms with Crippen molar-refractivity contribution in [2.45, 2.75) is 26.0 Å². The van der Waals surface area contributed by atoms with Gasteiger partial charge in [0, 0.05) is 25.2 Å². The van der Waals surface area contributed by atoms with E-state index in [1.54, 1.807) is 35.9 Å². The highest BCUT2D eigenvalue weighted by Crippen LogP contribution is 2.37. The average molecular weight is 546 g/mol. The van der Waals surface area contributed by atoms with Crippen molar-refractivity contribution in [1.82, 2.24) is 24.3 Å². The van der Waals surface area contributed by atoms with Gasteiger partial charge in [0.2, 0.25) is 0 Å². The van der Waals surface area contributed by atoms with Crippen molar-refractivity contribution in [2.75, 3.05) is 5.32 Å². The maximum absolute atomic E-state index is 13.4. The van der Waals surface area contributed by atoms with Gasteiger partial charge in [0.05, 0.1) is 23.2 Å². The molecule has 5 aromatic rings. The Morgan fingerprint density at radius 3 is 2.36 bits per heavy atom. The van der Waals surface area contributed by atoms with E-state index in [1.807, 2.05) is 0 Å². The standard InChI is InChI=1S/C26H20F6N6O/c1-15-11-21(25(27,28)29)38(36-15)17-9-7-16(8-10-17)13-33-22-12-19-24(34-14-37(19)2)23(35-22)18-5-3-4-6-20(18)39-26(30,31)32/h3-12,14H,13H2,1-2H3,(H,33,35). The van der Waals surface area contributed by atoms with E-state index >= 15 is 0 Å². The summed E-state index contributed by atoms with van der Waals surface area (Å²) in [5, 5.41) is 7.08. The number of anilines is 1. The fourth-order valence-corrected chi connectivity index (χ4v) is 4.13. The van der Waals surface area contributed by atoms with Gasteiger partial charge in [0.25, 0.3) is 0 Å². The van der Waals surface area contributed by atoms with Crippen LogP contribution in [0.25, 0.3) is 28.0 Å². The maximum Gasteiger partial charge on any atom is 0.573 e. The monoisotopic (exact) mass is 546 g/mol. The topological polar surface area (TPSA) is 69.8 Å². The summed E-state index contributed by atoms with van der Waals surface area (Å²) in [6.07, 6.45) is -7.92. The number of imidazole rings is 1. The van der Waals surface area contributed by atoms with E-state index < -0.39 is 24.0 Å². The van der Waals surface area contributed by atoms with Gasteiger partial charge in [0.15, 0.2) is 0 Å². The molecule has 3 heterocycles. The van der Waals surface area contributed by atoms with Gasteiger partial charge in [-0.15, -0.1) is 13.2 Å². The minimum absolute atomic E-state index is 0.113. The van der Waals surface area contributed by atoms with Crippen LogP contribution >= 0.6 is 0 Å². The first-order valence-electron chi connectivity index (χ1n) is 11.5. The molecule has 1 N–H and O–H groups in total. The zero-order chi connectivity index (χ0) is 27.9. The highest BCUT2D eigenvalue weighted by atomic mass is 19.4. The molecule has 0 fully saturated rings. The van der Waals surface area contributed by atoms with Crippen molar-refractivity contribution in [3.63, 3.8) is 0 Å². The molecule has 202 valence electrons. The third-order valence-corrected chi connectivity index (χ3v) is 5.86. The Labute approximate surface area is 217 Å². The Morgan fingerprint density at radius 1 is 0.949 bits per heavy atom. The van der Waals surface area contributed by atoms with E-state index in [-0.39, 0.29) is 29.2 Å². The van der Waals surface area contributed by atoms with Crippen molar-refractivity contribution in [2.24, 2.45) is 7.05 Å². The number of nitrogens with zero attached hydrogens (tertiary/aromatic N) is 5. The zero-order valence-electron chi connectivity index (χ0n) is 20.5. The number of fused-ring (bicyclic) bond motifs is 1. The number of aromatic nitrogens is 5. The number of pyridine rings is 1. The van der Waals surface area contributed by atoms with Crippen LogP contribution in [0.1, 0.15) is 17.0 Å². The molecule has 2 aromatic carbocycles. The van der Waals surface area contributed by atoms with Crippen LogP contribution in [0.2, 0.25) is 0 Å². The summed E-state index contributed by atoms with van der Waals surface area (Å²) in [4.78, 5) is 8.83. The molecule has 0 aliphatic heterocycles. The molecule has 0 aliphatic rings. The number of hydrogen-bond donors (Lipinski definition) is 1. The predicted octanol–water partition coefficient (Wildman–Crippen LogP) is 6.66. The Balaban J connectivity index is 1.44. The largest absolute Gasteiger partial charge is 0.573 e. The predicted molar refractivity (Wildman–Crippen MR) is 131 cm³/mol. The van der Waals surface area contributed by atoms with Crippen molar-refractivity contribution in [3.8, 4) is 22.7 Å². The number of aryl methyl sites for hydroxylation is 2. The van der Waals surface area contributed by atoms with Crippen molar-refractivity contribution in [3.05, 3.63) is 83.9 Å². The van der Waals surface area contributed by atoms with E-state index in [9.17, 15) is 26.3 Å². The molecule has 39 heavy (non-hydrogen) atoms. The molecule has 0 atom stereocenters. The molecule has 5 rings (SSSR count). The smallest absolute Gasteiger partial charge is 0.405 e. The normalized spacial score (nSPS) is 12.2. The summed E-state index contributed by atoms with van der Waals surface area (Å²) >= 11 is 0. The van der Waals surface area contributed by atoms with Gasteiger partial charge in [-0.3, -0.25) is 0 Å². The molecule has 0 bridgehead atoms. The van der Waals surface area contributed by atoms with Gasteiger partial charge in [-0.2, -0.15) is 18.3 Å². The van der Waals surface area contributed by atoms with Crippen molar-refractivity contribution < 1.29 is 31.1 Å². The molecule has 0 radical (unpaired) electrons. The first kappa shape index (κ1) is 26.1. The quantitative estimate of drug-likeness (QED) is 0.241. The first-order chi connectivity index (χ1) is 18.4. The molecule has 0 saturated heterocycles. The second-order valence-electron chi connectivity index (χ2n) is 8.72. The van der Waals surface area contributed by atoms with Crippen LogP contribution in [0, 0.1) is 6.92 Å². The molecule has 7 nitrogen and oxygen atoms in total. The molecular formula is C26H20F6N6O. The average Bonchev–Trinajstić information content (AvgIpc) is 3.45. The van der Waals surface area contributed by atoms with Crippen LogP contribution in [0.3, 0.4) is 0 Å². The Morgan fingerprint density at radius 2 is 1.67 bits per heavy atom. The second kappa shape index (κ2) is 9.64. The lowest BCUT2D eigenvalue weighted by Gasteiger charge is -2.15. The summed E-state index contributed by atoms with van der Waals surface area (Å²) in [5.74, 6) is -0.0571. The summed E-state index contributed by atoms with van der Waals surface area (Å²) < 4.78 is 85.9. The Kier molecular flexibility index (Phi) is 6.44. The van der Waals surface area contributed by atoms with Gasteiger partial charge >= 0.3 is 12.5 Å². The number of ether oxygens (including phenoxy) is 1. The third-order valence-electron chi connectivity index (χ3n) is 5.86. The molecule has 0 amide bonds. The number of nitrogens with one attached hydrogen (secondary N) is 1. The fourth-order valence-electron chi connectivity index (χ4n) is 4.13. The van der Waals surface area contributed by atoms with Crippen molar-refractivity contribution >= 4 is 16.9 Å². The van der Waals surface area contributed by atoms with Crippen LogP contribution in [0.5, 0.6) is 5.75 Å². The summed E-state index contributed by atoms with van der Waals surface area (Å²) in [6, 6.07) is 14.7. The summed E-state index contributed by atoms with van der Waals surface area (Å²) in [7, 11) is 1.74. The molecular weight excluding hydrogens is 526 g/mol. The highest BCUT2D eigenvalue weighted by Gasteiger charge is 2.36. The molecule has 3 aromatic heterocycles. The first-order valence-corrected chi connectivity index (χ1v) is 11.5. The van der Waals surface area contributed by atoms with Crippen LogP contribution < -0.4 is 10.1 Å². The van der Waals surface area contributed by atoms with Gasteiger partial charge in [-0.1, -0.05) is 24.3 Å². The lowest BCUT2D eigenvalue weighted by Crippen LogP contribution is -2.17. The lowest BCUT2D eigenvalue weighted by atomic mass is 10.1. The van der Waals surface area contributed by atoms with Gasteiger partial charge in [-0.25, -0.2) is 14.6 Å². The number of hydrogen-bond acceptors (Lipinski definition) is 5. The fraction of sp³-hybridized carbons (Fsp3) is 0.192. The van der Waals surface area contributed by atoms with E-state index in [1.165, 1.54) is 43.6 Å². The molecule has 0 unspecified atom stereocenters. The summed E-state index contributed by atoms with van der Waals surface area (Å²) in [5.41, 5.74) is 1.65. The molecule has 0 saturated carbocycles. The van der Waals surface area contributed by atoms with Crippen LogP contribution in [-0.4, -0.2) is 30.7 Å². The third kappa shape index (κ3) is 5.52. The van der Waals surface area contributed by atoms with Gasteiger partial charge < -0.3 is 14.6 Å². The second-order valence-corrected chi connectivity index (χ2v) is 8.72. The van der Waals surface area contributed by atoms with E-state index in [0.717, 1.165) is 16.3 Å². The number of para-hydroxylation sites is 1. The minimum Gasteiger partial charge on any atom is -0.405 e. The van der Waals surface area contributed by atoms with Gasteiger partial charge in [-0.05, 0) is 42.8 Å². The molecule has 13 heteroatoms. The lowest BCUT2D eigenvalue weighted by molar-refractivity contribution is -0.274. The minimum atomic E-state index is -4.89. The Hall–Kier alpha value is -4.55. The summed E-state index contributed by atoms with van der Waals surface area (Å²) in [6.45, 7) is 1.72. The number of alkyl halides is 6.